The average molecular weight is 452 g/mol. The van der Waals surface area contributed by atoms with Crippen molar-refractivity contribution in [3.05, 3.63) is 77.7 Å². The van der Waals surface area contributed by atoms with E-state index in [1.807, 2.05) is 26.4 Å². The number of imidazole rings is 1. The monoisotopic (exact) mass is 451 g/mol. The summed E-state index contributed by atoms with van der Waals surface area (Å²) in [5.74, 6) is 0.932. The molecule has 1 aliphatic heterocycles. The number of hydrogen-bond acceptors (Lipinski definition) is 5. The minimum Gasteiger partial charge on any atom is -0.438 e. The maximum atomic E-state index is 6.23. The lowest BCUT2D eigenvalue weighted by Gasteiger charge is -2.43. The summed E-state index contributed by atoms with van der Waals surface area (Å²) in [5.41, 5.74) is 7.04. The van der Waals surface area contributed by atoms with Crippen molar-refractivity contribution in [2.24, 2.45) is 7.05 Å². The van der Waals surface area contributed by atoms with Crippen molar-refractivity contribution in [1.29, 1.82) is 0 Å². The highest BCUT2D eigenvalue weighted by molar-refractivity contribution is 6.06. The lowest BCUT2D eigenvalue weighted by molar-refractivity contribution is 0.447. The molecule has 3 aromatic heterocycles. The van der Waals surface area contributed by atoms with E-state index in [1.165, 1.54) is 16.8 Å². The van der Waals surface area contributed by atoms with Crippen molar-refractivity contribution in [2.75, 3.05) is 9.80 Å². The molecule has 4 heterocycles. The molecule has 1 atom stereocenters. The fourth-order valence-electron chi connectivity index (χ4n) is 5.88. The number of pyridine rings is 1. The van der Waals surface area contributed by atoms with E-state index in [2.05, 4.69) is 101 Å². The van der Waals surface area contributed by atoms with Gasteiger partial charge in [0.25, 0.3) is 0 Å². The molecule has 172 valence electrons. The van der Waals surface area contributed by atoms with Gasteiger partial charge < -0.3 is 13.9 Å². The highest BCUT2D eigenvalue weighted by Crippen LogP contribution is 2.51. The van der Waals surface area contributed by atoms with Crippen molar-refractivity contribution < 1.29 is 4.42 Å². The molecule has 5 aromatic rings. The van der Waals surface area contributed by atoms with Gasteiger partial charge in [0.05, 0.1) is 16.9 Å². The fraction of sp³-hybridized carbons (Fsp3) is 0.286. The molecule has 6 heteroatoms. The Morgan fingerprint density at radius 3 is 2.47 bits per heavy atom. The van der Waals surface area contributed by atoms with E-state index in [0.717, 1.165) is 33.7 Å². The van der Waals surface area contributed by atoms with Crippen molar-refractivity contribution in [1.82, 2.24) is 14.5 Å². The van der Waals surface area contributed by atoms with Crippen LogP contribution in [0.15, 0.2) is 65.3 Å². The quantitative estimate of drug-likeness (QED) is 0.310. The number of rotatable bonds is 3. The van der Waals surface area contributed by atoms with Crippen LogP contribution in [0, 0.1) is 13.8 Å². The molecule has 0 unspecified atom stereocenters. The van der Waals surface area contributed by atoms with E-state index >= 15 is 0 Å². The lowest BCUT2D eigenvalue weighted by Crippen LogP contribution is -2.50. The van der Waals surface area contributed by atoms with Crippen molar-refractivity contribution in [3.63, 3.8) is 0 Å². The first-order valence-electron chi connectivity index (χ1n) is 11.7. The summed E-state index contributed by atoms with van der Waals surface area (Å²) in [5, 5.41) is 2.21. The SMILES string of the molecule is Cc1ccc2c(n1)oc1ccc(C)c(C(C)(C)N3c4ccccc4N(c4nccn4C)[C@H]3C)c12. The van der Waals surface area contributed by atoms with Gasteiger partial charge >= 0.3 is 0 Å². The highest BCUT2D eigenvalue weighted by atomic mass is 16.3. The van der Waals surface area contributed by atoms with Crippen molar-refractivity contribution >= 4 is 39.4 Å². The zero-order valence-electron chi connectivity index (χ0n) is 20.5. The van der Waals surface area contributed by atoms with Crippen LogP contribution in [0.1, 0.15) is 37.6 Å². The first-order chi connectivity index (χ1) is 16.3. The Hall–Kier alpha value is -3.80. The zero-order valence-corrected chi connectivity index (χ0v) is 20.5. The van der Waals surface area contributed by atoms with Gasteiger partial charge in [-0.1, -0.05) is 18.2 Å². The van der Waals surface area contributed by atoms with Gasteiger partial charge in [0.15, 0.2) is 0 Å². The highest BCUT2D eigenvalue weighted by Gasteiger charge is 2.44. The number of fused-ring (bicyclic) bond motifs is 4. The second-order valence-corrected chi connectivity index (χ2v) is 9.80. The predicted molar refractivity (Wildman–Crippen MR) is 138 cm³/mol. The first kappa shape index (κ1) is 20.8. The molecular weight excluding hydrogens is 422 g/mol. The minimum absolute atomic E-state index is 0.0571. The van der Waals surface area contributed by atoms with Gasteiger partial charge in [-0.25, -0.2) is 9.97 Å². The molecular formula is C28H29N5O. The van der Waals surface area contributed by atoms with E-state index < -0.39 is 0 Å². The summed E-state index contributed by atoms with van der Waals surface area (Å²) in [6, 6.07) is 17.1. The smallest absolute Gasteiger partial charge is 0.227 e. The number of aromatic nitrogens is 3. The molecule has 6 rings (SSSR count). The van der Waals surface area contributed by atoms with Crippen LogP contribution in [0.5, 0.6) is 0 Å². The van der Waals surface area contributed by atoms with Gasteiger partial charge in [-0.05, 0) is 76.1 Å². The topological polar surface area (TPSA) is 50.3 Å². The largest absolute Gasteiger partial charge is 0.438 e. The number of benzene rings is 2. The fourth-order valence-corrected chi connectivity index (χ4v) is 5.88. The molecule has 1 aliphatic rings. The minimum atomic E-state index is -0.347. The Morgan fingerprint density at radius 2 is 1.74 bits per heavy atom. The van der Waals surface area contributed by atoms with Crippen LogP contribution in [0.3, 0.4) is 0 Å². The lowest BCUT2D eigenvalue weighted by atomic mass is 9.84. The molecule has 0 saturated carbocycles. The third-order valence-corrected chi connectivity index (χ3v) is 7.22. The van der Waals surface area contributed by atoms with Crippen molar-refractivity contribution in [3.8, 4) is 0 Å². The maximum absolute atomic E-state index is 6.23. The van der Waals surface area contributed by atoms with Crippen LogP contribution in [0.25, 0.3) is 22.1 Å². The van der Waals surface area contributed by atoms with Crippen molar-refractivity contribution in [2.45, 2.75) is 46.3 Å². The van der Waals surface area contributed by atoms with Gasteiger partial charge in [0, 0.05) is 35.9 Å². The van der Waals surface area contributed by atoms with E-state index in [4.69, 9.17) is 4.42 Å². The van der Waals surface area contributed by atoms with E-state index in [0.29, 0.717) is 5.71 Å². The summed E-state index contributed by atoms with van der Waals surface area (Å²) in [4.78, 5) is 14.2. The first-order valence-corrected chi connectivity index (χ1v) is 11.7. The second-order valence-electron chi connectivity index (χ2n) is 9.80. The number of furan rings is 1. The summed E-state index contributed by atoms with van der Waals surface area (Å²) >= 11 is 0. The van der Waals surface area contributed by atoms with Crippen LogP contribution >= 0.6 is 0 Å². The number of aryl methyl sites for hydroxylation is 3. The Balaban J connectivity index is 1.60. The van der Waals surface area contributed by atoms with Crippen LogP contribution in [0.4, 0.5) is 17.3 Å². The number of nitrogens with zero attached hydrogens (tertiary/aromatic N) is 5. The zero-order chi connectivity index (χ0) is 23.8. The Kier molecular flexibility index (Phi) is 4.34. The molecule has 0 fully saturated rings. The van der Waals surface area contributed by atoms with E-state index in [1.54, 1.807) is 0 Å². The van der Waals surface area contributed by atoms with E-state index in [9.17, 15) is 0 Å². The van der Waals surface area contributed by atoms with Crippen LogP contribution in [-0.4, -0.2) is 20.7 Å². The van der Waals surface area contributed by atoms with Crippen LogP contribution in [-0.2, 0) is 12.6 Å². The molecule has 0 radical (unpaired) electrons. The summed E-state index contributed by atoms with van der Waals surface area (Å²) < 4.78 is 8.30. The predicted octanol–water partition coefficient (Wildman–Crippen LogP) is 6.57. The van der Waals surface area contributed by atoms with Gasteiger partial charge in [-0.15, -0.1) is 0 Å². The standard InChI is InChI=1S/C28H29N5O/c1-17-11-14-23-24(20-13-12-18(2)30-26(20)34-23)25(17)28(4,5)33-19(3)32(27-29-15-16-31(27)6)21-9-7-8-10-22(21)33/h7-16,19H,1-6H3/t19-/m1/s1. The molecule has 0 N–H and O–H groups in total. The molecule has 34 heavy (non-hydrogen) atoms. The number of anilines is 3. The van der Waals surface area contributed by atoms with E-state index in [-0.39, 0.29) is 11.7 Å². The molecule has 0 spiro atoms. The van der Waals surface area contributed by atoms with Gasteiger partial charge in [-0.2, -0.15) is 0 Å². The summed E-state index contributed by atoms with van der Waals surface area (Å²) in [7, 11) is 2.04. The molecule has 0 aliphatic carbocycles. The van der Waals surface area contributed by atoms with Gasteiger partial charge in [0.2, 0.25) is 11.7 Å². The van der Waals surface area contributed by atoms with Gasteiger partial charge in [0.1, 0.15) is 11.7 Å². The average Bonchev–Trinajstić information content (AvgIpc) is 3.45. The maximum Gasteiger partial charge on any atom is 0.227 e. The second kappa shape index (κ2) is 7.10. The van der Waals surface area contributed by atoms with Gasteiger partial charge in [-0.3, -0.25) is 4.90 Å². The molecule has 0 saturated heterocycles. The Labute approximate surface area is 199 Å². The summed E-state index contributed by atoms with van der Waals surface area (Å²) in [6.45, 7) is 11.1. The number of para-hydroxylation sites is 2. The molecule has 0 amide bonds. The summed E-state index contributed by atoms with van der Waals surface area (Å²) in [6.07, 6.45) is 3.91. The molecule has 6 nitrogen and oxygen atoms in total. The molecule has 2 aromatic carbocycles. The Bertz CT molecular complexity index is 1560. The third kappa shape index (κ3) is 2.74. The normalized spacial score (nSPS) is 16.1. The Morgan fingerprint density at radius 1 is 0.971 bits per heavy atom. The van der Waals surface area contributed by atoms with Crippen LogP contribution < -0.4 is 9.80 Å². The molecule has 0 bridgehead atoms. The number of hydrogen-bond donors (Lipinski definition) is 0. The third-order valence-electron chi connectivity index (χ3n) is 7.22. The van der Waals surface area contributed by atoms with Crippen LogP contribution in [0.2, 0.25) is 0 Å².